The zero-order chi connectivity index (χ0) is 15.4. The highest BCUT2D eigenvalue weighted by molar-refractivity contribution is 5.84. The second kappa shape index (κ2) is 6.90. The summed E-state index contributed by atoms with van der Waals surface area (Å²) >= 11 is 0. The molecule has 0 saturated heterocycles. The molecule has 0 spiro atoms. The van der Waals surface area contributed by atoms with Gasteiger partial charge in [-0.3, -0.25) is 0 Å². The molecule has 0 aliphatic rings. The van der Waals surface area contributed by atoms with Gasteiger partial charge in [0.25, 0.3) is 0 Å². The smallest absolute Gasteiger partial charge is 0.129 e. The summed E-state index contributed by atoms with van der Waals surface area (Å²) in [6.07, 6.45) is 0. The monoisotopic (exact) mass is 285 g/mol. The van der Waals surface area contributed by atoms with Crippen molar-refractivity contribution in [3.05, 3.63) is 35.9 Å². The van der Waals surface area contributed by atoms with Gasteiger partial charge in [0.15, 0.2) is 0 Å². The molecule has 1 heterocycles. The van der Waals surface area contributed by atoms with E-state index >= 15 is 0 Å². The minimum atomic E-state index is 0.440. The largest absolute Gasteiger partial charge is 0.357 e. The topological polar surface area (TPSA) is 28.2 Å². The molecule has 0 aliphatic carbocycles. The summed E-state index contributed by atoms with van der Waals surface area (Å²) in [5.41, 5.74) is 2.40. The van der Waals surface area contributed by atoms with E-state index in [1.807, 2.05) is 0 Å². The second-order valence-electron chi connectivity index (χ2n) is 6.39. The van der Waals surface area contributed by atoms with E-state index in [1.165, 1.54) is 10.9 Å². The molecule has 3 nitrogen and oxygen atoms in total. The number of benzene rings is 1. The Hall–Kier alpha value is -1.61. The van der Waals surface area contributed by atoms with E-state index in [0.717, 1.165) is 24.4 Å². The van der Waals surface area contributed by atoms with Crippen LogP contribution in [0, 0.1) is 5.92 Å². The van der Waals surface area contributed by atoms with E-state index in [4.69, 9.17) is 4.98 Å². The van der Waals surface area contributed by atoms with Gasteiger partial charge in [-0.2, -0.15) is 0 Å². The van der Waals surface area contributed by atoms with Crippen molar-refractivity contribution in [3.63, 3.8) is 0 Å². The second-order valence-corrected chi connectivity index (χ2v) is 6.39. The van der Waals surface area contributed by atoms with Crippen molar-refractivity contribution in [2.75, 3.05) is 18.5 Å². The molecule has 0 unspecified atom stereocenters. The Morgan fingerprint density at radius 3 is 2.52 bits per heavy atom. The molecule has 0 amide bonds. The van der Waals surface area contributed by atoms with Crippen LogP contribution in [0.25, 0.3) is 10.9 Å². The van der Waals surface area contributed by atoms with E-state index in [2.05, 4.69) is 75.3 Å². The van der Waals surface area contributed by atoms with Gasteiger partial charge < -0.3 is 10.2 Å². The van der Waals surface area contributed by atoms with Crippen molar-refractivity contribution in [2.24, 2.45) is 5.92 Å². The van der Waals surface area contributed by atoms with Crippen LogP contribution >= 0.6 is 0 Å². The lowest BCUT2D eigenvalue weighted by molar-refractivity contribution is 0.553. The number of rotatable bonds is 6. The fraction of sp³-hybridized carbons (Fsp3) is 0.500. The van der Waals surface area contributed by atoms with E-state index in [1.54, 1.807) is 0 Å². The highest BCUT2D eigenvalue weighted by atomic mass is 15.2. The number of fused-ring (bicyclic) bond motifs is 1. The number of aromatic nitrogens is 1. The first-order valence-electron chi connectivity index (χ1n) is 7.81. The van der Waals surface area contributed by atoms with E-state index in [0.29, 0.717) is 12.0 Å². The molecule has 1 aromatic carbocycles. The standard InChI is InChI=1S/C18H27N3/c1-13(2)11-19-12-15-10-18(21(5)14(3)4)20-17-9-7-6-8-16(15)17/h6-10,13-14,19H,11-12H2,1-5H3. The Balaban J connectivity index is 2.36. The molecule has 0 radical (unpaired) electrons. The third kappa shape index (κ3) is 3.94. The van der Waals surface area contributed by atoms with Gasteiger partial charge >= 0.3 is 0 Å². The van der Waals surface area contributed by atoms with Gasteiger partial charge in [0, 0.05) is 25.0 Å². The van der Waals surface area contributed by atoms with Gasteiger partial charge in [-0.1, -0.05) is 32.0 Å². The van der Waals surface area contributed by atoms with Crippen LogP contribution < -0.4 is 10.2 Å². The maximum atomic E-state index is 4.80. The number of anilines is 1. The summed E-state index contributed by atoms with van der Waals surface area (Å²) in [5, 5.41) is 4.79. The Morgan fingerprint density at radius 1 is 1.14 bits per heavy atom. The van der Waals surface area contributed by atoms with Crippen molar-refractivity contribution in [1.82, 2.24) is 10.3 Å². The van der Waals surface area contributed by atoms with Gasteiger partial charge in [0.05, 0.1) is 5.52 Å². The van der Waals surface area contributed by atoms with Gasteiger partial charge in [0.1, 0.15) is 5.82 Å². The molecule has 0 saturated carbocycles. The summed E-state index contributed by atoms with van der Waals surface area (Å²) in [4.78, 5) is 7.02. The Labute approximate surface area is 128 Å². The molecule has 3 heteroatoms. The molecule has 0 aliphatic heterocycles. The van der Waals surface area contributed by atoms with Gasteiger partial charge in [-0.15, -0.1) is 0 Å². The van der Waals surface area contributed by atoms with Crippen molar-refractivity contribution in [2.45, 2.75) is 40.3 Å². The Morgan fingerprint density at radius 2 is 1.86 bits per heavy atom. The molecule has 2 rings (SSSR count). The quantitative estimate of drug-likeness (QED) is 0.874. The van der Waals surface area contributed by atoms with Gasteiger partial charge in [-0.05, 0) is 44.0 Å². The molecule has 0 atom stereocenters. The average Bonchev–Trinajstić information content (AvgIpc) is 2.45. The number of para-hydroxylation sites is 1. The highest BCUT2D eigenvalue weighted by Gasteiger charge is 2.11. The van der Waals surface area contributed by atoms with Crippen LogP contribution in [0.15, 0.2) is 30.3 Å². The van der Waals surface area contributed by atoms with Crippen LogP contribution in [-0.2, 0) is 6.54 Å². The number of hydrogen-bond acceptors (Lipinski definition) is 3. The zero-order valence-electron chi connectivity index (χ0n) is 13.9. The molecule has 114 valence electrons. The van der Waals surface area contributed by atoms with Crippen LogP contribution in [0.3, 0.4) is 0 Å². The maximum absolute atomic E-state index is 4.80. The maximum Gasteiger partial charge on any atom is 0.129 e. The number of nitrogens with zero attached hydrogens (tertiary/aromatic N) is 2. The van der Waals surface area contributed by atoms with E-state index in [9.17, 15) is 0 Å². The normalized spacial score (nSPS) is 11.6. The summed E-state index contributed by atoms with van der Waals surface area (Å²) < 4.78 is 0. The average molecular weight is 285 g/mol. The van der Waals surface area contributed by atoms with Crippen LogP contribution in [0.1, 0.15) is 33.3 Å². The molecule has 0 fully saturated rings. The lowest BCUT2D eigenvalue weighted by Gasteiger charge is -2.24. The summed E-state index contributed by atoms with van der Waals surface area (Å²) in [6, 6.07) is 11.1. The van der Waals surface area contributed by atoms with Gasteiger partial charge in [-0.25, -0.2) is 4.98 Å². The number of hydrogen-bond donors (Lipinski definition) is 1. The molecule has 2 aromatic rings. The van der Waals surface area contributed by atoms with Gasteiger partial charge in [0.2, 0.25) is 0 Å². The SMILES string of the molecule is CC(C)CNCc1cc(N(C)C(C)C)nc2ccccc12. The minimum absolute atomic E-state index is 0.440. The summed E-state index contributed by atoms with van der Waals surface area (Å²) in [5.74, 6) is 1.71. The third-order valence-corrected chi connectivity index (χ3v) is 3.79. The minimum Gasteiger partial charge on any atom is -0.357 e. The first-order valence-corrected chi connectivity index (χ1v) is 7.81. The van der Waals surface area contributed by atoms with Crippen LogP contribution in [-0.4, -0.2) is 24.6 Å². The molecule has 1 aromatic heterocycles. The van der Waals surface area contributed by atoms with Crippen LogP contribution in [0.4, 0.5) is 5.82 Å². The fourth-order valence-corrected chi connectivity index (χ4v) is 2.32. The summed E-state index contributed by atoms with van der Waals surface area (Å²) in [7, 11) is 2.10. The lowest BCUT2D eigenvalue weighted by Crippen LogP contribution is -2.27. The van der Waals surface area contributed by atoms with E-state index in [-0.39, 0.29) is 0 Å². The van der Waals surface area contributed by atoms with Crippen LogP contribution in [0.2, 0.25) is 0 Å². The first-order chi connectivity index (χ1) is 9.99. The van der Waals surface area contributed by atoms with E-state index < -0.39 is 0 Å². The fourth-order valence-electron chi connectivity index (χ4n) is 2.32. The number of pyridine rings is 1. The van der Waals surface area contributed by atoms with Crippen molar-refractivity contribution >= 4 is 16.7 Å². The first kappa shape index (κ1) is 15.8. The highest BCUT2D eigenvalue weighted by Crippen LogP contribution is 2.23. The molecular weight excluding hydrogens is 258 g/mol. The molecule has 0 bridgehead atoms. The van der Waals surface area contributed by atoms with Crippen LogP contribution in [0.5, 0.6) is 0 Å². The summed E-state index contributed by atoms with van der Waals surface area (Å²) in [6.45, 7) is 10.8. The predicted octanol–water partition coefficient (Wildman–Crippen LogP) is 3.83. The zero-order valence-corrected chi connectivity index (χ0v) is 13.9. The van der Waals surface area contributed by atoms with Crippen molar-refractivity contribution in [1.29, 1.82) is 0 Å². The number of nitrogens with one attached hydrogen (secondary N) is 1. The lowest BCUT2D eigenvalue weighted by atomic mass is 10.1. The van der Waals surface area contributed by atoms with Crippen molar-refractivity contribution < 1.29 is 0 Å². The third-order valence-electron chi connectivity index (χ3n) is 3.79. The Kier molecular flexibility index (Phi) is 5.18. The van der Waals surface area contributed by atoms with Crippen molar-refractivity contribution in [3.8, 4) is 0 Å². The Bertz CT molecular complexity index is 590. The molecular formula is C18H27N3. The molecule has 21 heavy (non-hydrogen) atoms. The predicted molar refractivity (Wildman–Crippen MR) is 91.8 cm³/mol. The molecule has 1 N–H and O–H groups in total.